The van der Waals surface area contributed by atoms with Crippen LogP contribution in [0.2, 0.25) is 0 Å². The second-order valence-electron chi connectivity index (χ2n) is 4.00. The van der Waals surface area contributed by atoms with Gasteiger partial charge in [-0.2, -0.15) is 0 Å². The van der Waals surface area contributed by atoms with Gasteiger partial charge in [0.2, 0.25) is 5.91 Å². The molecule has 6 nitrogen and oxygen atoms in total. The molecular weight excluding hydrogens is 408 g/mol. The molecule has 2 amide bonds. The molecule has 1 aromatic heterocycles. The Labute approximate surface area is 136 Å². The van der Waals surface area contributed by atoms with Crippen LogP contribution in [0.15, 0.2) is 43.9 Å². The zero-order valence-electron chi connectivity index (χ0n) is 10.5. The quantitative estimate of drug-likeness (QED) is 0.667. The lowest BCUT2D eigenvalue weighted by Crippen LogP contribution is -2.32. The van der Waals surface area contributed by atoms with E-state index < -0.39 is 11.8 Å². The molecule has 2 aromatic rings. The van der Waals surface area contributed by atoms with Crippen molar-refractivity contribution in [2.24, 2.45) is 0 Å². The SMILES string of the molecule is O=C(CNC(=O)c1ccc(Br)o1)Nc1ccc(Br)cc1O. The van der Waals surface area contributed by atoms with Gasteiger partial charge in [0.15, 0.2) is 10.4 Å². The normalized spacial score (nSPS) is 10.2. The van der Waals surface area contributed by atoms with Gasteiger partial charge >= 0.3 is 0 Å². The Hall–Kier alpha value is -1.80. The van der Waals surface area contributed by atoms with Crippen LogP contribution in [0.5, 0.6) is 5.75 Å². The minimum absolute atomic E-state index is 0.0704. The summed E-state index contributed by atoms with van der Waals surface area (Å²) in [5.74, 6) is -0.942. The first-order valence-corrected chi connectivity index (χ1v) is 7.36. The van der Waals surface area contributed by atoms with E-state index in [1.807, 2.05) is 0 Å². The van der Waals surface area contributed by atoms with E-state index in [9.17, 15) is 14.7 Å². The van der Waals surface area contributed by atoms with Crippen molar-refractivity contribution >= 4 is 49.4 Å². The standard InChI is InChI=1S/C13H10Br2N2O4/c14-7-1-2-8(9(18)5-7)17-12(19)6-16-13(20)10-3-4-11(15)21-10/h1-5,18H,6H2,(H,16,20)(H,17,19). The van der Waals surface area contributed by atoms with Crippen molar-refractivity contribution in [2.45, 2.75) is 0 Å². The fourth-order valence-corrected chi connectivity index (χ4v) is 2.14. The molecular formula is C13H10Br2N2O4. The highest BCUT2D eigenvalue weighted by Gasteiger charge is 2.12. The third-order valence-electron chi connectivity index (χ3n) is 2.44. The molecule has 0 fully saturated rings. The van der Waals surface area contributed by atoms with Gasteiger partial charge in [0.25, 0.3) is 5.91 Å². The van der Waals surface area contributed by atoms with Gasteiger partial charge in [0.1, 0.15) is 5.75 Å². The second kappa shape index (κ2) is 6.77. The van der Waals surface area contributed by atoms with E-state index in [-0.39, 0.29) is 23.7 Å². The number of nitrogens with one attached hydrogen (secondary N) is 2. The highest BCUT2D eigenvalue weighted by atomic mass is 79.9. The molecule has 0 saturated carbocycles. The first-order chi connectivity index (χ1) is 9.95. The molecule has 0 atom stereocenters. The van der Waals surface area contributed by atoms with E-state index in [0.717, 1.165) is 0 Å². The van der Waals surface area contributed by atoms with Gasteiger partial charge in [-0.1, -0.05) is 15.9 Å². The van der Waals surface area contributed by atoms with Gasteiger partial charge in [-0.15, -0.1) is 0 Å². The van der Waals surface area contributed by atoms with Crippen LogP contribution in [-0.2, 0) is 4.79 Å². The predicted octanol–water partition coefficient (Wildman–Crippen LogP) is 2.88. The molecule has 0 radical (unpaired) electrons. The summed E-state index contributed by atoms with van der Waals surface area (Å²) in [6.45, 7) is -0.243. The maximum Gasteiger partial charge on any atom is 0.287 e. The molecule has 110 valence electrons. The summed E-state index contributed by atoms with van der Waals surface area (Å²) < 4.78 is 6.17. The molecule has 0 unspecified atom stereocenters. The largest absolute Gasteiger partial charge is 0.506 e. The van der Waals surface area contributed by atoms with Crippen LogP contribution in [0.4, 0.5) is 5.69 Å². The van der Waals surface area contributed by atoms with Crippen molar-refractivity contribution in [3.05, 3.63) is 45.2 Å². The molecule has 1 aromatic carbocycles. The maximum atomic E-state index is 11.7. The van der Waals surface area contributed by atoms with Crippen molar-refractivity contribution in [3.8, 4) is 5.75 Å². The smallest absolute Gasteiger partial charge is 0.287 e. The number of furan rings is 1. The van der Waals surface area contributed by atoms with Gasteiger partial charge in [-0.05, 0) is 46.3 Å². The van der Waals surface area contributed by atoms with E-state index >= 15 is 0 Å². The number of hydrogen-bond donors (Lipinski definition) is 3. The number of hydrogen-bond acceptors (Lipinski definition) is 4. The third-order valence-corrected chi connectivity index (χ3v) is 3.36. The lowest BCUT2D eigenvalue weighted by molar-refractivity contribution is -0.115. The molecule has 0 saturated heterocycles. The molecule has 2 rings (SSSR count). The van der Waals surface area contributed by atoms with Gasteiger partial charge in [0, 0.05) is 4.47 Å². The monoisotopic (exact) mass is 416 g/mol. The predicted molar refractivity (Wildman–Crippen MR) is 83.2 cm³/mol. The Morgan fingerprint density at radius 2 is 1.95 bits per heavy atom. The number of benzene rings is 1. The lowest BCUT2D eigenvalue weighted by Gasteiger charge is -2.08. The minimum atomic E-state index is -0.504. The van der Waals surface area contributed by atoms with Crippen molar-refractivity contribution in [3.63, 3.8) is 0 Å². The molecule has 21 heavy (non-hydrogen) atoms. The molecule has 8 heteroatoms. The van der Waals surface area contributed by atoms with Crippen LogP contribution in [0.1, 0.15) is 10.6 Å². The summed E-state index contributed by atoms with van der Waals surface area (Å²) in [6.07, 6.45) is 0. The number of aromatic hydroxyl groups is 1. The van der Waals surface area contributed by atoms with E-state index in [1.54, 1.807) is 18.2 Å². The minimum Gasteiger partial charge on any atom is -0.506 e. The summed E-state index contributed by atoms with van der Waals surface area (Å²) in [5.41, 5.74) is 0.262. The highest BCUT2D eigenvalue weighted by molar-refractivity contribution is 9.10. The van der Waals surface area contributed by atoms with Crippen molar-refractivity contribution in [2.75, 3.05) is 11.9 Å². The van der Waals surface area contributed by atoms with Gasteiger partial charge in [0.05, 0.1) is 12.2 Å². The Balaban J connectivity index is 1.89. The summed E-state index contributed by atoms with van der Waals surface area (Å²) >= 11 is 6.28. The van der Waals surface area contributed by atoms with Crippen molar-refractivity contribution < 1.29 is 19.1 Å². The van der Waals surface area contributed by atoms with E-state index in [2.05, 4.69) is 42.5 Å². The number of anilines is 1. The zero-order valence-corrected chi connectivity index (χ0v) is 13.7. The van der Waals surface area contributed by atoms with E-state index in [0.29, 0.717) is 9.14 Å². The molecule has 1 heterocycles. The Morgan fingerprint density at radius 3 is 2.57 bits per heavy atom. The van der Waals surface area contributed by atoms with Crippen LogP contribution in [0.25, 0.3) is 0 Å². The molecule has 0 spiro atoms. The summed E-state index contributed by atoms with van der Waals surface area (Å²) in [5, 5.41) is 14.5. The number of halogens is 2. The summed E-state index contributed by atoms with van der Waals surface area (Å²) in [4.78, 5) is 23.4. The number of rotatable bonds is 4. The van der Waals surface area contributed by atoms with Gasteiger partial charge in [-0.3, -0.25) is 9.59 Å². The van der Waals surface area contributed by atoms with Crippen LogP contribution in [0, 0.1) is 0 Å². The Kier molecular flexibility index (Phi) is 5.03. The summed E-state index contributed by atoms with van der Waals surface area (Å²) in [6, 6.07) is 7.73. The highest BCUT2D eigenvalue weighted by Crippen LogP contribution is 2.26. The molecule has 3 N–H and O–H groups in total. The number of phenols is 1. The summed E-state index contributed by atoms with van der Waals surface area (Å²) in [7, 11) is 0. The van der Waals surface area contributed by atoms with Crippen LogP contribution in [0.3, 0.4) is 0 Å². The zero-order chi connectivity index (χ0) is 15.4. The molecule has 0 bridgehead atoms. The lowest BCUT2D eigenvalue weighted by atomic mass is 10.3. The number of phenolic OH excluding ortho intramolecular Hbond substituents is 1. The second-order valence-corrected chi connectivity index (χ2v) is 5.69. The fraction of sp³-hybridized carbons (Fsp3) is 0.0769. The van der Waals surface area contributed by atoms with Crippen LogP contribution < -0.4 is 10.6 Å². The first-order valence-electron chi connectivity index (χ1n) is 5.77. The molecule has 0 aliphatic heterocycles. The number of amides is 2. The third kappa shape index (κ3) is 4.33. The van der Waals surface area contributed by atoms with E-state index in [4.69, 9.17) is 4.42 Å². The van der Waals surface area contributed by atoms with Crippen molar-refractivity contribution in [1.29, 1.82) is 0 Å². The van der Waals surface area contributed by atoms with E-state index in [1.165, 1.54) is 12.1 Å². The average molecular weight is 418 g/mol. The average Bonchev–Trinajstić information content (AvgIpc) is 2.86. The Bertz CT molecular complexity index is 685. The van der Waals surface area contributed by atoms with Crippen LogP contribution >= 0.6 is 31.9 Å². The Morgan fingerprint density at radius 1 is 1.19 bits per heavy atom. The topological polar surface area (TPSA) is 91.6 Å². The van der Waals surface area contributed by atoms with Gasteiger partial charge in [-0.25, -0.2) is 0 Å². The number of carbonyl (C=O) groups is 2. The maximum absolute atomic E-state index is 11.7. The van der Waals surface area contributed by atoms with Crippen molar-refractivity contribution in [1.82, 2.24) is 5.32 Å². The van der Waals surface area contributed by atoms with Gasteiger partial charge < -0.3 is 20.2 Å². The van der Waals surface area contributed by atoms with Crippen LogP contribution in [-0.4, -0.2) is 23.5 Å². The first kappa shape index (κ1) is 15.6. The molecule has 0 aliphatic rings. The fourth-order valence-electron chi connectivity index (χ4n) is 1.49. The number of carbonyl (C=O) groups excluding carboxylic acids is 2. The molecule has 0 aliphatic carbocycles.